The van der Waals surface area contributed by atoms with Gasteiger partial charge in [-0.3, -0.25) is 4.79 Å². The molecular weight excluding hydrogens is 292 g/mol. The van der Waals surface area contributed by atoms with Gasteiger partial charge in [0.25, 0.3) is 0 Å². The summed E-state index contributed by atoms with van der Waals surface area (Å²) in [5.41, 5.74) is 5.22. The molecule has 1 amide bonds. The molecule has 1 saturated carbocycles. The quantitative estimate of drug-likeness (QED) is 0.805. The normalized spacial score (nSPS) is 31.9. The molecule has 1 aliphatic carbocycles. The lowest BCUT2D eigenvalue weighted by molar-refractivity contribution is -0.170. The minimum absolute atomic E-state index is 0. The number of carbonyl (C=O) groups excluding carboxylic acids is 1. The van der Waals surface area contributed by atoms with E-state index in [1.165, 1.54) is 0 Å². The van der Waals surface area contributed by atoms with Crippen LogP contribution < -0.4 is 11.1 Å². The molecule has 0 aromatic rings. The number of amides is 1. The first kappa shape index (κ1) is 18.7. The summed E-state index contributed by atoms with van der Waals surface area (Å²) in [4.78, 5) is 12.4. The molecule has 2 aliphatic rings. The van der Waals surface area contributed by atoms with Gasteiger partial charge in [-0.15, -0.1) is 12.4 Å². The van der Waals surface area contributed by atoms with Crippen LogP contribution >= 0.6 is 12.4 Å². The number of carbonyl (C=O) groups is 1. The molecular formula is C15H29ClN2O3. The van der Waals surface area contributed by atoms with Crippen LogP contribution in [0.3, 0.4) is 0 Å². The minimum Gasteiger partial charge on any atom is -0.381 e. The van der Waals surface area contributed by atoms with Gasteiger partial charge in [-0.25, -0.2) is 0 Å². The van der Waals surface area contributed by atoms with Gasteiger partial charge < -0.3 is 20.5 Å². The number of hydrogen-bond donors (Lipinski definition) is 2. The molecule has 0 bridgehead atoms. The highest BCUT2D eigenvalue weighted by molar-refractivity contribution is 5.88. The molecule has 1 heterocycles. The van der Waals surface area contributed by atoms with Gasteiger partial charge in [-0.1, -0.05) is 13.8 Å². The molecule has 124 valence electrons. The van der Waals surface area contributed by atoms with Gasteiger partial charge in [0, 0.05) is 38.2 Å². The highest BCUT2D eigenvalue weighted by Gasteiger charge is 2.62. The summed E-state index contributed by atoms with van der Waals surface area (Å²) in [7, 11) is 0. The molecule has 6 heteroatoms. The summed E-state index contributed by atoms with van der Waals surface area (Å²) in [5.74, 6) is 0.479. The summed E-state index contributed by atoms with van der Waals surface area (Å²) >= 11 is 0. The summed E-state index contributed by atoms with van der Waals surface area (Å²) in [5, 5.41) is 3.04. The van der Waals surface area contributed by atoms with E-state index in [0.717, 1.165) is 26.1 Å². The van der Waals surface area contributed by atoms with Crippen molar-refractivity contribution < 1.29 is 14.3 Å². The van der Waals surface area contributed by atoms with E-state index in [1.807, 2.05) is 20.8 Å². The van der Waals surface area contributed by atoms with Crippen LogP contribution in [0, 0.1) is 11.3 Å². The van der Waals surface area contributed by atoms with E-state index in [1.54, 1.807) is 0 Å². The third-order valence-electron chi connectivity index (χ3n) is 5.13. The van der Waals surface area contributed by atoms with Crippen LogP contribution in [0.15, 0.2) is 0 Å². The van der Waals surface area contributed by atoms with Crippen molar-refractivity contribution in [1.29, 1.82) is 0 Å². The molecule has 0 aromatic carbocycles. The van der Waals surface area contributed by atoms with Gasteiger partial charge >= 0.3 is 0 Å². The summed E-state index contributed by atoms with van der Waals surface area (Å²) in [6.07, 6.45) is 2.71. The van der Waals surface area contributed by atoms with Gasteiger partial charge in [-0.05, 0) is 25.7 Å². The highest BCUT2D eigenvalue weighted by Crippen LogP contribution is 2.49. The van der Waals surface area contributed by atoms with Gasteiger partial charge in [-0.2, -0.15) is 0 Å². The molecule has 5 nitrogen and oxygen atoms in total. The lowest BCUT2D eigenvalue weighted by Gasteiger charge is -2.57. The number of rotatable bonds is 5. The largest absolute Gasteiger partial charge is 0.381 e. The average molecular weight is 321 g/mol. The van der Waals surface area contributed by atoms with E-state index < -0.39 is 5.54 Å². The first-order chi connectivity index (χ1) is 9.41. The van der Waals surface area contributed by atoms with Crippen molar-refractivity contribution in [3.05, 3.63) is 0 Å². The fraction of sp³-hybridized carbons (Fsp3) is 0.933. The topological polar surface area (TPSA) is 73.6 Å². The second kappa shape index (κ2) is 7.27. The zero-order chi connectivity index (χ0) is 14.8. The Bertz CT molecular complexity index is 359. The van der Waals surface area contributed by atoms with Crippen molar-refractivity contribution in [2.24, 2.45) is 17.1 Å². The maximum Gasteiger partial charge on any atom is 0.240 e. The second-order valence-corrected chi connectivity index (χ2v) is 6.61. The molecule has 3 N–H and O–H groups in total. The van der Waals surface area contributed by atoms with E-state index in [2.05, 4.69) is 5.32 Å². The van der Waals surface area contributed by atoms with E-state index in [9.17, 15) is 4.79 Å². The Labute approximate surface area is 133 Å². The molecule has 0 aromatic heterocycles. The monoisotopic (exact) mass is 320 g/mol. The standard InChI is InChI=1S/C15H28N2O3.ClH/c1-4-20-12-9-15(16,14(12,2)3)13(18)17-10-11-5-7-19-8-6-11;/h11-12H,4-10,16H2,1-3H3,(H,17,18);1H. The summed E-state index contributed by atoms with van der Waals surface area (Å²) in [6, 6.07) is 0. The third kappa shape index (κ3) is 3.52. The van der Waals surface area contributed by atoms with Crippen molar-refractivity contribution >= 4 is 18.3 Å². The van der Waals surface area contributed by atoms with Crippen molar-refractivity contribution in [3.8, 4) is 0 Å². The first-order valence-corrected chi connectivity index (χ1v) is 7.68. The fourth-order valence-electron chi connectivity index (χ4n) is 3.17. The Balaban J connectivity index is 0.00000220. The van der Waals surface area contributed by atoms with Gasteiger partial charge in [0.2, 0.25) is 5.91 Å². The molecule has 1 aliphatic heterocycles. The van der Waals surface area contributed by atoms with Crippen LogP contribution in [0.4, 0.5) is 0 Å². The van der Waals surface area contributed by atoms with Gasteiger partial charge in [0.15, 0.2) is 0 Å². The van der Waals surface area contributed by atoms with Crippen molar-refractivity contribution in [2.75, 3.05) is 26.4 Å². The number of nitrogens with two attached hydrogens (primary N) is 1. The van der Waals surface area contributed by atoms with E-state index in [0.29, 0.717) is 25.5 Å². The van der Waals surface area contributed by atoms with Crippen molar-refractivity contribution in [2.45, 2.75) is 51.7 Å². The average Bonchev–Trinajstić information content (AvgIpc) is 2.45. The minimum atomic E-state index is -0.808. The Hall–Kier alpha value is -0.360. The maximum atomic E-state index is 12.4. The molecule has 2 atom stereocenters. The van der Waals surface area contributed by atoms with Crippen LogP contribution in [0.2, 0.25) is 0 Å². The van der Waals surface area contributed by atoms with Gasteiger partial charge in [0.05, 0.1) is 6.10 Å². The predicted octanol–water partition coefficient (Wildman–Crippen LogP) is 1.48. The molecule has 0 radical (unpaired) electrons. The lowest BCUT2D eigenvalue weighted by Crippen LogP contribution is -2.75. The van der Waals surface area contributed by atoms with Crippen LogP contribution in [0.5, 0.6) is 0 Å². The third-order valence-corrected chi connectivity index (χ3v) is 5.13. The first-order valence-electron chi connectivity index (χ1n) is 7.68. The highest BCUT2D eigenvalue weighted by atomic mass is 35.5. The molecule has 2 rings (SSSR count). The fourth-order valence-corrected chi connectivity index (χ4v) is 3.17. The molecule has 0 spiro atoms. The number of ether oxygens (including phenoxy) is 2. The van der Waals surface area contributed by atoms with Crippen LogP contribution in [-0.2, 0) is 14.3 Å². The predicted molar refractivity (Wildman–Crippen MR) is 84.5 cm³/mol. The number of hydrogen-bond acceptors (Lipinski definition) is 4. The Morgan fingerprint density at radius 3 is 2.52 bits per heavy atom. The zero-order valence-electron chi connectivity index (χ0n) is 13.3. The Morgan fingerprint density at radius 1 is 1.38 bits per heavy atom. The zero-order valence-corrected chi connectivity index (χ0v) is 14.1. The summed E-state index contributed by atoms with van der Waals surface area (Å²) in [6.45, 7) is 8.97. The van der Waals surface area contributed by atoms with Crippen LogP contribution in [-0.4, -0.2) is 43.9 Å². The molecule has 21 heavy (non-hydrogen) atoms. The van der Waals surface area contributed by atoms with E-state index >= 15 is 0 Å². The smallest absolute Gasteiger partial charge is 0.240 e. The number of halogens is 1. The Morgan fingerprint density at radius 2 is 2.00 bits per heavy atom. The maximum absolute atomic E-state index is 12.4. The number of nitrogens with one attached hydrogen (secondary N) is 1. The van der Waals surface area contributed by atoms with Crippen LogP contribution in [0.1, 0.15) is 40.0 Å². The second-order valence-electron chi connectivity index (χ2n) is 6.61. The van der Waals surface area contributed by atoms with E-state index in [4.69, 9.17) is 15.2 Å². The Kier molecular flexibility index (Phi) is 6.47. The van der Waals surface area contributed by atoms with Crippen molar-refractivity contribution in [3.63, 3.8) is 0 Å². The van der Waals surface area contributed by atoms with Gasteiger partial charge in [0.1, 0.15) is 5.54 Å². The summed E-state index contributed by atoms with van der Waals surface area (Å²) < 4.78 is 11.0. The lowest BCUT2D eigenvalue weighted by atomic mass is 9.54. The SMILES string of the molecule is CCOC1CC(N)(C(=O)NCC2CCOCC2)C1(C)C.Cl. The molecule has 1 saturated heterocycles. The molecule has 2 unspecified atom stereocenters. The molecule has 2 fully saturated rings. The van der Waals surface area contributed by atoms with E-state index in [-0.39, 0.29) is 29.8 Å². The van der Waals surface area contributed by atoms with Crippen molar-refractivity contribution in [1.82, 2.24) is 5.32 Å². The van der Waals surface area contributed by atoms with Crippen LogP contribution in [0.25, 0.3) is 0 Å².